The van der Waals surface area contributed by atoms with E-state index in [1.165, 1.54) is 7.11 Å². The van der Waals surface area contributed by atoms with Crippen LogP contribution in [0.4, 0.5) is 0 Å². The summed E-state index contributed by atoms with van der Waals surface area (Å²) >= 11 is 0. The van der Waals surface area contributed by atoms with E-state index in [0.29, 0.717) is 18.2 Å². The zero-order valence-electron chi connectivity index (χ0n) is 13.6. The third-order valence-corrected chi connectivity index (χ3v) is 3.95. The molecule has 3 heterocycles. The molecule has 2 aromatic heterocycles. The van der Waals surface area contributed by atoms with E-state index in [2.05, 4.69) is 15.0 Å². The van der Waals surface area contributed by atoms with E-state index >= 15 is 0 Å². The van der Waals surface area contributed by atoms with Gasteiger partial charge in [0.2, 0.25) is 11.8 Å². The fraction of sp³-hybridized carbons (Fsp3) is 0.412. The third kappa shape index (κ3) is 4.05. The highest BCUT2D eigenvalue weighted by Gasteiger charge is 2.26. The molecule has 0 aromatic carbocycles. The van der Waals surface area contributed by atoms with E-state index in [-0.39, 0.29) is 18.4 Å². The molecule has 0 unspecified atom stereocenters. The molecule has 0 spiro atoms. The minimum absolute atomic E-state index is 0.0120. The van der Waals surface area contributed by atoms with E-state index in [1.54, 1.807) is 30.9 Å². The van der Waals surface area contributed by atoms with Crippen LogP contribution < -0.4 is 4.74 Å². The van der Waals surface area contributed by atoms with Gasteiger partial charge in [-0.05, 0) is 25.0 Å². The molecule has 1 aliphatic heterocycles. The molecule has 0 aliphatic carbocycles. The Balaban J connectivity index is 1.70. The molecule has 2 aromatic rings. The molecule has 0 radical (unpaired) electrons. The lowest BCUT2D eigenvalue weighted by Gasteiger charge is -2.32. The lowest BCUT2D eigenvalue weighted by molar-refractivity contribution is -0.136. The first-order chi connectivity index (χ1) is 11.8. The number of carbonyl (C=O) groups is 1. The number of amides is 1. The Kier molecular flexibility index (Phi) is 5.32. The first-order valence-electron chi connectivity index (χ1n) is 7.93. The number of methoxy groups -OCH3 is 1. The van der Waals surface area contributed by atoms with Gasteiger partial charge in [0.1, 0.15) is 12.4 Å². The predicted molar refractivity (Wildman–Crippen MR) is 86.8 cm³/mol. The summed E-state index contributed by atoms with van der Waals surface area (Å²) in [4.78, 5) is 26.6. The van der Waals surface area contributed by atoms with Gasteiger partial charge in [0, 0.05) is 38.5 Å². The summed E-state index contributed by atoms with van der Waals surface area (Å²) in [5, 5.41) is 0. The van der Waals surface area contributed by atoms with Crippen molar-refractivity contribution in [2.24, 2.45) is 0 Å². The Labute approximate surface area is 140 Å². The van der Waals surface area contributed by atoms with Crippen LogP contribution in [0.15, 0.2) is 36.9 Å². The van der Waals surface area contributed by atoms with Crippen LogP contribution in [0.2, 0.25) is 0 Å². The van der Waals surface area contributed by atoms with Gasteiger partial charge in [0.05, 0.1) is 18.1 Å². The molecule has 7 heteroatoms. The van der Waals surface area contributed by atoms with Gasteiger partial charge in [-0.2, -0.15) is 0 Å². The first kappa shape index (κ1) is 16.3. The van der Waals surface area contributed by atoms with Gasteiger partial charge in [-0.15, -0.1) is 0 Å². The summed E-state index contributed by atoms with van der Waals surface area (Å²) in [6, 6.07) is 3.61. The Morgan fingerprint density at radius 1 is 1.33 bits per heavy atom. The molecule has 24 heavy (non-hydrogen) atoms. The second-order valence-corrected chi connectivity index (χ2v) is 5.68. The second kappa shape index (κ2) is 7.83. The van der Waals surface area contributed by atoms with Crippen molar-refractivity contribution >= 4 is 5.91 Å². The minimum atomic E-state index is 0.0120. The number of ether oxygens (including phenoxy) is 2. The quantitative estimate of drug-likeness (QED) is 0.835. The van der Waals surface area contributed by atoms with Crippen LogP contribution in [-0.4, -0.2) is 52.6 Å². The van der Waals surface area contributed by atoms with Crippen LogP contribution in [0, 0.1) is 0 Å². The van der Waals surface area contributed by atoms with E-state index < -0.39 is 0 Å². The lowest BCUT2D eigenvalue weighted by atomic mass is 9.95. The van der Waals surface area contributed by atoms with Gasteiger partial charge >= 0.3 is 0 Å². The normalized spacial score (nSPS) is 17.5. The van der Waals surface area contributed by atoms with Crippen molar-refractivity contribution in [1.82, 2.24) is 19.9 Å². The fourth-order valence-corrected chi connectivity index (χ4v) is 2.80. The van der Waals surface area contributed by atoms with E-state index in [0.717, 1.165) is 25.1 Å². The molecule has 3 rings (SSSR count). The average molecular weight is 328 g/mol. The molecule has 1 aliphatic rings. The standard InChI is InChI=1S/C17H20N4O3/c1-23-12-17(22)21-7-3-4-13(11-21)15-9-19-10-16(20-15)24-14-5-2-6-18-8-14/h2,5-6,8-10,13H,3-4,7,11-12H2,1H3/t13-/m0/s1. The molecular formula is C17H20N4O3. The molecule has 1 saturated heterocycles. The van der Waals surface area contributed by atoms with Crippen molar-refractivity contribution < 1.29 is 14.3 Å². The number of nitrogens with zero attached hydrogens (tertiary/aromatic N) is 4. The largest absolute Gasteiger partial charge is 0.436 e. The highest BCUT2D eigenvalue weighted by atomic mass is 16.5. The molecule has 126 valence electrons. The topological polar surface area (TPSA) is 77.4 Å². The second-order valence-electron chi connectivity index (χ2n) is 5.68. The molecule has 1 fully saturated rings. The van der Waals surface area contributed by atoms with Crippen LogP contribution in [-0.2, 0) is 9.53 Å². The summed E-state index contributed by atoms with van der Waals surface area (Å²) in [5.74, 6) is 1.22. The number of carbonyl (C=O) groups excluding carboxylic acids is 1. The lowest BCUT2D eigenvalue weighted by Crippen LogP contribution is -2.41. The minimum Gasteiger partial charge on any atom is -0.436 e. The van der Waals surface area contributed by atoms with Gasteiger partial charge in [-0.3, -0.25) is 14.8 Å². The Morgan fingerprint density at radius 3 is 3.04 bits per heavy atom. The van der Waals surface area contributed by atoms with Crippen LogP contribution in [0.5, 0.6) is 11.6 Å². The molecule has 1 amide bonds. The maximum atomic E-state index is 12.0. The third-order valence-electron chi connectivity index (χ3n) is 3.95. The van der Waals surface area contributed by atoms with Gasteiger partial charge in [-0.1, -0.05) is 0 Å². The number of hydrogen-bond donors (Lipinski definition) is 0. The Morgan fingerprint density at radius 2 is 2.25 bits per heavy atom. The van der Waals surface area contributed by atoms with Crippen LogP contribution in [0.3, 0.4) is 0 Å². The molecular weight excluding hydrogens is 308 g/mol. The molecule has 1 atom stereocenters. The molecule has 0 bridgehead atoms. The molecule has 7 nitrogen and oxygen atoms in total. The molecule has 0 N–H and O–H groups in total. The van der Waals surface area contributed by atoms with Gasteiger partial charge in [0.15, 0.2) is 0 Å². The number of piperidine rings is 1. The van der Waals surface area contributed by atoms with Crippen molar-refractivity contribution in [3.05, 3.63) is 42.6 Å². The van der Waals surface area contributed by atoms with E-state index in [1.807, 2.05) is 11.0 Å². The number of aromatic nitrogens is 3. The summed E-state index contributed by atoms with van der Waals surface area (Å²) in [5.41, 5.74) is 0.839. The van der Waals surface area contributed by atoms with Crippen molar-refractivity contribution in [2.45, 2.75) is 18.8 Å². The van der Waals surface area contributed by atoms with Gasteiger partial charge < -0.3 is 14.4 Å². The zero-order chi connectivity index (χ0) is 16.8. The number of rotatable bonds is 5. The van der Waals surface area contributed by atoms with Crippen molar-refractivity contribution in [1.29, 1.82) is 0 Å². The monoisotopic (exact) mass is 328 g/mol. The molecule has 0 saturated carbocycles. The highest BCUT2D eigenvalue weighted by Crippen LogP contribution is 2.27. The van der Waals surface area contributed by atoms with Crippen molar-refractivity contribution in [3.8, 4) is 11.6 Å². The highest BCUT2D eigenvalue weighted by molar-refractivity contribution is 5.77. The van der Waals surface area contributed by atoms with Gasteiger partial charge in [-0.25, -0.2) is 4.98 Å². The maximum Gasteiger partial charge on any atom is 0.248 e. The Bertz CT molecular complexity index is 681. The van der Waals surface area contributed by atoms with Crippen molar-refractivity contribution in [2.75, 3.05) is 26.8 Å². The van der Waals surface area contributed by atoms with Crippen LogP contribution in [0.25, 0.3) is 0 Å². The Hall–Kier alpha value is -2.54. The summed E-state index contributed by atoms with van der Waals surface area (Å²) < 4.78 is 10.6. The SMILES string of the molecule is COCC(=O)N1CCC[C@H](c2cncc(Oc3cccnc3)n2)C1. The zero-order valence-corrected chi connectivity index (χ0v) is 13.6. The van der Waals surface area contributed by atoms with Crippen LogP contribution in [0.1, 0.15) is 24.5 Å². The number of pyridine rings is 1. The fourth-order valence-electron chi connectivity index (χ4n) is 2.80. The smallest absolute Gasteiger partial charge is 0.248 e. The number of likely N-dealkylation sites (tertiary alicyclic amines) is 1. The first-order valence-corrected chi connectivity index (χ1v) is 7.93. The van der Waals surface area contributed by atoms with Crippen LogP contribution >= 0.6 is 0 Å². The average Bonchev–Trinajstić information content (AvgIpc) is 2.63. The summed E-state index contributed by atoms with van der Waals surface area (Å²) in [6.45, 7) is 1.51. The van der Waals surface area contributed by atoms with E-state index in [9.17, 15) is 4.79 Å². The van der Waals surface area contributed by atoms with E-state index in [4.69, 9.17) is 9.47 Å². The maximum absolute atomic E-state index is 12.0. The predicted octanol–water partition coefficient (Wildman–Crippen LogP) is 2.02. The summed E-state index contributed by atoms with van der Waals surface area (Å²) in [6.07, 6.45) is 8.54. The summed E-state index contributed by atoms with van der Waals surface area (Å²) in [7, 11) is 1.53. The number of hydrogen-bond acceptors (Lipinski definition) is 6. The van der Waals surface area contributed by atoms with Gasteiger partial charge in [0.25, 0.3) is 0 Å². The van der Waals surface area contributed by atoms with Crippen molar-refractivity contribution in [3.63, 3.8) is 0 Å².